The first kappa shape index (κ1) is 20.0. The minimum atomic E-state index is -0.859. The van der Waals surface area contributed by atoms with Gasteiger partial charge in [0.1, 0.15) is 0 Å². The number of carbonyl (C=O) groups is 2. The van der Waals surface area contributed by atoms with Crippen molar-refractivity contribution < 1.29 is 19.9 Å². The summed E-state index contributed by atoms with van der Waals surface area (Å²) in [6.07, 6.45) is 1.36. The molecule has 0 aromatic heterocycles. The van der Waals surface area contributed by atoms with Crippen LogP contribution in [-0.2, 0) is 16.0 Å². The van der Waals surface area contributed by atoms with E-state index in [0.29, 0.717) is 19.3 Å². The number of benzene rings is 2. The first-order valence-electron chi connectivity index (χ1n) is 8.47. The topological polar surface area (TPSA) is 86.6 Å². The minimum absolute atomic E-state index is 0.0510. The Kier molecular flexibility index (Phi) is 7.69. The number of carboxylic acids is 1. The average Bonchev–Trinajstić information content (AvgIpc) is 2.65. The van der Waals surface area contributed by atoms with Crippen LogP contribution in [0.25, 0.3) is 11.1 Å². The van der Waals surface area contributed by atoms with Crippen molar-refractivity contribution in [3.63, 3.8) is 0 Å². The molecule has 0 saturated heterocycles. The molecular formula is C20H23NO4S. The maximum atomic E-state index is 11.6. The van der Waals surface area contributed by atoms with Gasteiger partial charge in [0.15, 0.2) is 0 Å². The Morgan fingerprint density at radius 2 is 1.69 bits per heavy atom. The zero-order valence-electron chi connectivity index (χ0n) is 14.3. The second-order valence-corrected chi connectivity index (χ2v) is 7.01. The molecule has 0 radical (unpaired) electrons. The zero-order chi connectivity index (χ0) is 18.9. The van der Waals surface area contributed by atoms with Gasteiger partial charge in [-0.2, -0.15) is 12.6 Å². The lowest BCUT2D eigenvalue weighted by Crippen LogP contribution is -2.23. The first-order chi connectivity index (χ1) is 12.5. The summed E-state index contributed by atoms with van der Waals surface area (Å²) in [5, 5.41) is 17.8. The normalized spacial score (nSPS) is 13.0. The number of hydroxylamine groups is 1. The highest BCUT2D eigenvalue weighted by Gasteiger charge is 2.20. The third kappa shape index (κ3) is 6.20. The van der Waals surface area contributed by atoms with E-state index in [1.807, 2.05) is 54.6 Å². The number of rotatable bonds is 9. The summed E-state index contributed by atoms with van der Waals surface area (Å²) in [6, 6.07) is 17.8. The molecule has 2 unspecified atom stereocenters. The summed E-state index contributed by atoms with van der Waals surface area (Å²) in [6.45, 7) is 0. The van der Waals surface area contributed by atoms with Crippen molar-refractivity contribution in [2.24, 2.45) is 5.92 Å². The maximum absolute atomic E-state index is 11.6. The molecule has 5 nitrogen and oxygen atoms in total. The molecule has 0 aliphatic rings. The molecule has 0 bridgehead atoms. The Balaban J connectivity index is 2.01. The van der Waals surface area contributed by atoms with Gasteiger partial charge in [-0.15, -0.1) is 0 Å². The van der Waals surface area contributed by atoms with Gasteiger partial charge in [-0.1, -0.05) is 54.6 Å². The van der Waals surface area contributed by atoms with Crippen LogP contribution in [0.15, 0.2) is 54.6 Å². The van der Waals surface area contributed by atoms with Crippen LogP contribution in [0.1, 0.15) is 24.8 Å². The van der Waals surface area contributed by atoms with Crippen LogP contribution in [-0.4, -0.2) is 27.4 Å². The van der Waals surface area contributed by atoms with Crippen molar-refractivity contribution in [2.45, 2.75) is 30.9 Å². The average molecular weight is 373 g/mol. The van der Waals surface area contributed by atoms with Gasteiger partial charge in [-0.25, -0.2) is 5.48 Å². The Morgan fingerprint density at radius 3 is 2.35 bits per heavy atom. The van der Waals surface area contributed by atoms with Crippen LogP contribution in [0.4, 0.5) is 0 Å². The van der Waals surface area contributed by atoms with Gasteiger partial charge in [0.25, 0.3) is 0 Å². The quantitative estimate of drug-likeness (QED) is 0.307. The monoisotopic (exact) mass is 373 g/mol. The smallest absolute Gasteiger partial charge is 0.306 e. The van der Waals surface area contributed by atoms with Gasteiger partial charge in [0.05, 0.1) is 5.92 Å². The van der Waals surface area contributed by atoms with Crippen LogP contribution < -0.4 is 5.48 Å². The lowest BCUT2D eigenvalue weighted by atomic mass is 9.92. The molecule has 0 aliphatic heterocycles. The van der Waals surface area contributed by atoms with E-state index >= 15 is 0 Å². The summed E-state index contributed by atoms with van der Waals surface area (Å²) in [5.74, 6) is -1.93. The summed E-state index contributed by atoms with van der Waals surface area (Å²) in [4.78, 5) is 22.7. The summed E-state index contributed by atoms with van der Waals surface area (Å²) in [7, 11) is 0. The van der Waals surface area contributed by atoms with Crippen molar-refractivity contribution in [3.8, 4) is 11.1 Å². The fraction of sp³-hybridized carbons (Fsp3) is 0.300. The second-order valence-electron chi connectivity index (χ2n) is 6.28. The molecular weight excluding hydrogens is 350 g/mol. The van der Waals surface area contributed by atoms with E-state index in [1.54, 1.807) is 5.48 Å². The van der Waals surface area contributed by atoms with Crippen molar-refractivity contribution >= 4 is 24.5 Å². The van der Waals surface area contributed by atoms with Crippen LogP contribution >= 0.6 is 12.6 Å². The molecule has 1 amide bonds. The highest BCUT2D eigenvalue weighted by Crippen LogP contribution is 2.24. The molecule has 0 saturated carbocycles. The van der Waals surface area contributed by atoms with Gasteiger partial charge in [0.2, 0.25) is 5.91 Å². The van der Waals surface area contributed by atoms with Gasteiger partial charge >= 0.3 is 5.97 Å². The Morgan fingerprint density at radius 1 is 1.00 bits per heavy atom. The largest absolute Gasteiger partial charge is 0.481 e. The molecule has 0 fully saturated rings. The molecule has 0 heterocycles. The van der Waals surface area contributed by atoms with Crippen molar-refractivity contribution in [1.29, 1.82) is 0 Å². The van der Waals surface area contributed by atoms with Gasteiger partial charge in [0, 0.05) is 11.7 Å². The van der Waals surface area contributed by atoms with Gasteiger partial charge < -0.3 is 5.11 Å². The fourth-order valence-electron chi connectivity index (χ4n) is 2.86. The predicted molar refractivity (Wildman–Crippen MR) is 103 cm³/mol. The standard InChI is InChI=1S/C20H23NO4S/c22-19(21-25)13-18(26)10-9-17(20(23)24)12-14-5-4-8-16(11-14)15-6-2-1-3-7-15/h1-8,11,17-18,25-26H,9-10,12-13H2,(H,21,22)(H,23,24). The van der Waals surface area contributed by atoms with E-state index in [4.69, 9.17) is 5.21 Å². The van der Waals surface area contributed by atoms with E-state index in [9.17, 15) is 14.7 Å². The molecule has 2 rings (SSSR count). The van der Waals surface area contributed by atoms with Crippen molar-refractivity contribution in [3.05, 3.63) is 60.2 Å². The predicted octanol–water partition coefficient (Wildman–Crippen LogP) is 3.57. The molecule has 2 aromatic carbocycles. The van der Waals surface area contributed by atoms with E-state index in [-0.39, 0.29) is 11.7 Å². The Bertz CT molecular complexity index is 736. The molecule has 3 N–H and O–H groups in total. The molecule has 0 spiro atoms. The molecule has 138 valence electrons. The van der Waals surface area contributed by atoms with E-state index in [2.05, 4.69) is 12.6 Å². The SMILES string of the molecule is O=C(CC(S)CCC(Cc1cccc(-c2ccccc2)c1)C(=O)O)NO. The second kappa shape index (κ2) is 9.99. The third-order valence-corrected chi connectivity index (χ3v) is 4.70. The molecule has 0 aliphatic carbocycles. The number of nitrogens with one attached hydrogen (secondary N) is 1. The molecule has 26 heavy (non-hydrogen) atoms. The number of carboxylic acid groups (broad SMARTS) is 1. The number of aliphatic carboxylic acids is 1. The maximum Gasteiger partial charge on any atom is 0.306 e. The van der Waals surface area contributed by atoms with E-state index in [0.717, 1.165) is 16.7 Å². The summed E-state index contributed by atoms with van der Waals surface area (Å²) < 4.78 is 0. The molecule has 2 atom stereocenters. The number of carbonyl (C=O) groups excluding carboxylic acids is 1. The fourth-order valence-corrected chi connectivity index (χ4v) is 3.18. The van der Waals surface area contributed by atoms with E-state index < -0.39 is 17.8 Å². The lowest BCUT2D eigenvalue weighted by molar-refractivity contribution is -0.141. The van der Waals surface area contributed by atoms with Crippen molar-refractivity contribution in [2.75, 3.05) is 0 Å². The zero-order valence-corrected chi connectivity index (χ0v) is 15.2. The van der Waals surface area contributed by atoms with Gasteiger partial charge in [-0.05, 0) is 36.0 Å². The number of hydrogen-bond acceptors (Lipinski definition) is 4. The highest BCUT2D eigenvalue weighted by atomic mass is 32.1. The Hall–Kier alpha value is -2.31. The van der Waals surface area contributed by atoms with Crippen molar-refractivity contribution in [1.82, 2.24) is 5.48 Å². The molecule has 6 heteroatoms. The highest BCUT2D eigenvalue weighted by molar-refractivity contribution is 7.81. The van der Waals surface area contributed by atoms with Crippen LogP contribution in [0.5, 0.6) is 0 Å². The number of amides is 1. The minimum Gasteiger partial charge on any atom is -0.481 e. The van der Waals surface area contributed by atoms with Crippen LogP contribution in [0, 0.1) is 5.92 Å². The number of thiol groups is 1. The summed E-state index contributed by atoms with van der Waals surface area (Å²) in [5.41, 5.74) is 4.67. The Labute approximate surface area is 158 Å². The summed E-state index contributed by atoms with van der Waals surface area (Å²) >= 11 is 4.29. The molecule has 2 aromatic rings. The number of hydrogen-bond donors (Lipinski definition) is 4. The van der Waals surface area contributed by atoms with Gasteiger partial charge in [-0.3, -0.25) is 14.8 Å². The van der Waals surface area contributed by atoms with E-state index in [1.165, 1.54) is 0 Å². The third-order valence-electron chi connectivity index (χ3n) is 4.26. The van der Waals surface area contributed by atoms with Crippen LogP contribution in [0.2, 0.25) is 0 Å². The lowest BCUT2D eigenvalue weighted by Gasteiger charge is -2.16. The van der Waals surface area contributed by atoms with Crippen LogP contribution in [0.3, 0.4) is 0 Å². The first-order valence-corrected chi connectivity index (χ1v) is 8.99.